The van der Waals surface area contributed by atoms with Gasteiger partial charge in [0.1, 0.15) is 5.82 Å². The molecule has 0 unspecified atom stereocenters. The van der Waals surface area contributed by atoms with Gasteiger partial charge in [-0.15, -0.1) is 0 Å². The van der Waals surface area contributed by atoms with Crippen molar-refractivity contribution < 1.29 is 9.53 Å². The van der Waals surface area contributed by atoms with Gasteiger partial charge in [0.2, 0.25) is 5.91 Å². The predicted molar refractivity (Wildman–Crippen MR) is 90.6 cm³/mol. The molecule has 0 saturated heterocycles. The Hall–Kier alpha value is -1.40. The molecule has 1 aromatic carbocycles. The number of amides is 1. The highest BCUT2D eigenvalue weighted by Gasteiger charge is 2.14. The number of hydrogen-bond acceptors (Lipinski definition) is 3. The fraction of sp³-hybridized carbons (Fsp3) is 0.500. The average molecular weight is 368 g/mol. The largest absolute Gasteiger partial charge is 0.380 e. The standard InChI is InChI=1S/C16H22BrN3O2/c1-3-22-9-8-20-14-6-5-12(17)10-13(14)19-15(20)7-4-11(2)16(18)21/h5-6,10-11H,3-4,7-9H2,1-2H3,(H2,18,21)/t11-/m1/s1. The molecule has 0 spiro atoms. The van der Waals surface area contributed by atoms with E-state index in [0.717, 1.165) is 34.3 Å². The second-order valence-corrected chi connectivity index (χ2v) is 6.27. The Morgan fingerprint density at radius 1 is 1.50 bits per heavy atom. The van der Waals surface area contributed by atoms with Crippen molar-refractivity contribution in [3.05, 3.63) is 28.5 Å². The normalized spacial score (nSPS) is 12.7. The van der Waals surface area contributed by atoms with E-state index in [2.05, 4.69) is 26.6 Å². The lowest BCUT2D eigenvalue weighted by Gasteiger charge is -2.11. The van der Waals surface area contributed by atoms with Crippen LogP contribution in [0.15, 0.2) is 22.7 Å². The van der Waals surface area contributed by atoms with E-state index in [1.165, 1.54) is 0 Å². The summed E-state index contributed by atoms with van der Waals surface area (Å²) >= 11 is 3.48. The molecule has 1 amide bonds. The summed E-state index contributed by atoms with van der Waals surface area (Å²) in [6.45, 7) is 5.94. The second-order valence-electron chi connectivity index (χ2n) is 5.35. The summed E-state index contributed by atoms with van der Waals surface area (Å²) < 4.78 is 8.64. The van der Waals surface area contributed by atoms with Gasteiger partial charge in [0, 0.05) is 30.0 Å². The number of ether oxygens (including phenoxy) is 1. The number of carbonyl (C=O) groups is 1. The maximum Gasteiger partial charge on any atom is 0.220 e. The van der Waals surface area contributed by atoms with Crippen molar-refractivity contribution in [2.45, 2.75) is 33.2 Å². The Kier molecular flexibility index (Phi) is 5.97. The lowest BCUT2D eigenvalue weighted by molar-refractivity contribution is -0.121. The molecular weight excluding hydrogens is 346 g/mol. The van der Waals surface area contributed by atoms with Crippen molar-refractivity contribution in [2.75, 3.05) is 13.2 Å². The third kappa shape index (κ3) is 4.08. The maximum atomic E-state index is 11.2. The molecule has 1 aromatic heterocycles. The number of primary amides is 1. The van der Waals surface area contributed by atoms with Crippen molar-refractivity contribution in [1.82, 2.24) is 9.55 Å². The summed E-state index contributed by atoms with van der Waals surface area (Å²) in [7, 11) is 0. The van der Waals surface area contributed by atoms with E-state index in [4.69, 9.17) is 15.5 Å². The molecule has 0 aliphatic carbocycles. The van der Waals surface area contributed by atoms with Crippen LogP contribution < -0.4 is 5.73 Å². The first-order valence-corrected chi connectivity index (χ1v) is 8.34. The number of aromatic nitrogens is 2. The number of hydrogen-bond donors (Lipinski definition) is 1. The second kappa shape index (κ2) is 7.74. The molecule has 5 nitrogen and oxygen atoms in total. The lowest BCUT2D eigenvalue weighted by atomic mass is 10.1. The summed E-state index contributed by atoms with van der Waals surface area (Å²) in [5.41, 5.74) is 7.38. The third-order valence-electron chi connectivity index (χ3n) is 3.74. The highest BCUT2D eigenvalue weighted by molar-refractivity contribution is 9.10. The number of carbonyl (C=O) groups excluding carboxylic acids is 1. The third-order valence-corrected chi connectivity index (χ3v) is 4.23. The molecule has 0 radical (unpaired) electrons. The first-order valence-electron chi connectivity index (χ1n) is 7.54. The van der Waals surface area contributed by atoms with Crippen LogP contribution >= 0.6 is 15.9 Å². The highest BCUT2D eigenvalue weighted by atomic mass is 79.9. The molecule has 1 heterocycles. The van der Waals surface area contributed by atoms with Crippen LogP contribution in [-0.4, -0.2) is 28.7 Å². The van der Waals surface area contributed by atoms with Crippen molar-refractivity contribution in [3.8, 4) is 0 Å². The zero-order valence-electron chi connectivity index (χ0n) is 13.0. The zero-order valence-corrected chi connectivity index (χ0v) is 14.6. The Morgan fingerprint density at radius 2 is 2.27 bits per heavy atom. The number of nitrogens with zero attached hydrogens (tertiary/aromatic N) is 2. The first kappa shape index (κ1) is 17.0. The monoisotopic (exact) mass is 367 g/mol. The average Bonchev–Trinajstić information content (AvgIpc) is 2.82. The maximum absolute atomic E-state index is 11.2. The summed E-state index contributed by atoms with van der Waals surface area (Å²) in [4.78, 5) is 15.9. The van der Waals surface area contributed by atoms with E-state index in [0.29, 0.717) is 19.6 Å². The minimum Gasteiger partial charge on any atom is -0.380 e. The van der Waals surface area contributed by atoms with E-state index in [1.54, 1.807) is 0 Å². The number of imidazole rings is 1. The van der Waals surface area contributed by atoms with Crippen LogP contribution in [0.1, 0.15) is 26.1 Å². The number of rotatable bonds is 8. The van der Waals surface area contributed by atoms with Crippen molar-refractivity contribution in [2.24, 2.45) is 11.7 Å². The van der Waals surface area contributed by atoms with Crippen LogP contribution in [-0.2, 0) is 22.5 Å². The number of benzene rings is 1. The summed E-state index contributed by atoms with van der Waals surface area (Å²) in [6, 6.07) is 6.07. The smallest absolute Gasteiger partial charge is 0.220 e. The van der Waals surface area contributed by atoms with E-state index >= 15 is 0 Å². The summed E-state index contributed by atoms with van der Waals surface area (Å²) in [5.74, 6) is 0.563. The molecule has 0 fully saturated rings. The van der Waals surface area contributed by atoms with Crippen LogP contribution in [0.5, 0.6) is 0 Å². The molecular formula is C16H22BrN3O2. The van der Waals surface area contributed by atoms with Crippen LogP contribution in [0.25, 0.3) is 11.0 Å². The van der Waals surface area contributed by atoms with E-state index in [9.17, 15) is 4.79 Å². The van der Waals surface area contributed by atoms with Crippen molar-refractivity contribution in [3.63, 3.8) is 0 Å². The van der Waals surface area contributed by atoms with Crippen LogP contribution in [0.3, 0.4) is 0 Å². The van der Waals surface area contributed by atoms with Gasteiger partial charge in [-0.1, -0.05) is 22.9 Å². The van der Waals surface area contributed by atoms with Crippen LogP contribution in [0.4, 0.5) is 0 Å². The summed E-state index contributed by atoms with van der Waals surface area (Å²) in [6.07, 6.45) is 1.43. The molecule has 2 aromatic rings. The molecule has 0 bridgehead atoms. The van der Waals surface area contributed by atoms with Crippen LogP contribution in [0, 0.1) is 5.92 Å². The van der Waals surface area contributed by atoms with Crippen LogP contribution in [0.2, 0.25) is 0 Å². The van der Waals surface area contributed by atoms with Gasteiger partial charge in [0.15, 0.2) is 0 Å². The minimum atomic E-state index is -0.264. The molecule has 22 heavy (non-hydrogen) atoms. The van der Waals surface area contributed by atoms with Gasteiger partial charge in [-0.25, -0.2) is 4.98 Å². The molecule has 1 atom stereocenters. The van der Waals surface area contributed by atoms with Crippen molar-refractivity contribution >= 4 is 32.9 Å². The predicted octanol–water partition coefficient (Wildman–Crippen LogP) is 2.89. The molecule has 0 saturated carbocycles. The SMILES string of the molecule is CCOCCn1c(CC[C@@H](C)C(N)=O)nc2cc(Br)ccc21. The first-order chi connectivity index (χ1) is 10.5. The van der Waals surface area contributed by atoms with E-state index in [-0.39, 0.29) is 11.8 Å². The van der Waals surface area contributed by atoms with E-state index < -0.39 is 0 Å². The Bertz CT molecular complexity index is 654. The molecule has 120 valence electrons. The van der Waals surface area contributed by atoms with Crippen molar-refractivity contribution in [1.29, 1.82) is 0 Å². The Balaban J connectivity index is 2.25. The topological polar surface area (TPSA) is 70.1 Å². The number of fused-ring (bicyclic) bond motifs is 1. The lowest BCUT2D eigenvalue weighted by Crippen LogP contribution is -2.21. The fourth-order valence-corrected chi connectivity index (χ4v) is 2.73. The Labute approximate surface area is 139 Å². The van der Waals surface area contributed by atoms with Gasteiger partial charge in [-0.2, -0.15) is 0 Å². The van der Waals surface area contributed by atoms with Gasteiger partial charge >= 0.3 is 0 Å². The molecule has 6 heteroatoms. The van der Waals surface area contributed by atoms with Gasteiger partial charge in [-0.05, 0) is 31.5 Å². The quantitative estimate of drug-likeness (QED) is 0.729. The summed E-state index contributed by atoms with van der Waals surface area (Å²) in [5, 5.41) is 0. The Morgan fingerprint density at radius 3 is 2.95 bits per heavy atom. The molecule has 0 aliphatic heterocycles. The number of nitrogens with two attached hydrogens (primary N) is 1. The van der Waals surface area contributed by atoms with Gasteiger partial charge in [0.05, 0.1) is 17.6 Å². The van der Waals surface area contributed by atoms with E-state index in [1.807, 2.05) is 26.0 Å². The molecule has 2 N–H and O–H groups in total. The zero-order chi connectivity index (χ0) is 16.1. The molecule has 2 rings (SSSR count). The van der Waals surface area contributed by atoms with Gasteiger partial charge in [0.25, 0.3) is 0 Å². The number of aryl methyl sites for hydroxylation is 1. The number of halogens is 1. The van der Waals surface area contributed by atoms with Gasteiger partial charge in [-0.3, -0.25) is 4.79 Å². The minimum absolute atomic E-state index is 0.146. The van der Waals surface area contributed by atoms with Gasteiger partial charge < -0.3 is 15.0 Å². The highest BCUT2D eigenvalue weighted by Crippen LogP contribution is 2.22. The molecule has 0 aliphatic rings. The fourth-order valence-electron chi connectivity index (χ4n) is 2.38.